The average Bonchev–Trinajstić information content (AvgIpc) is 3.05. The van der Waals surface area contributed by atoms with E-state index < -0.39 is 17.9 Å². The molecule has 0 unspecified atom stereocenters. The molecule has 2 heterocycles. The van der Waals surface area contributed by atoms with E-state index >= 15 is 0 Å². The lowest BCUT2D eigenvalue weighted by Crippen LogP contribution is -2.48. The number of carbonyl (C=O) groups is 3. The van der Waals surface area contributed by atoms with Crippen LogP contribution < -0.4 is 10.5 Å². The summed E-state index contributed by atoms with van der Waals surface area (Å²) < 4.78 is 5.31. The molecule has 9 nitrogen and oxygen atoms in total. The Labute approximate surface area is 164 Å². The van der Waals surface area contributed by atoms with Gasteiger partial charge in [0.2, 0.25) is 0 Å². The zero-order valence-corrected chi connectivity index (χ0v) is 15.1. The molecule has 1 fully saturated rings. The largest absolute Gasteiger partial charge is 0.460 e. The van der Waals surface area contributed by atoms with Crippen molar-refractivity contribution in [2.45, 2.75) is 12.8 Å². The highest BCUT2D eigenvalue weighted by Crippen LogP contribution is 2.32. The predicted molar refractivity (Wildman–Crippen MR) is 102 cm³/mol. The molecule has 1 aliphatic heterocycles. The predicted octanol–water partition coefficient (Wildman–Crippen LogP) is 2.74. The van der Waals surface area contributed by atoms with E-state index in [0.29, 0.717) is 32.9 Å². The maximum atomic E-state index is 12.4. The van der Waals surface area contributed by atoms with Gasteiger partial charge in [0.1, 0.15) is 5.69 Å². The van der Waals surface area contributed by atoms with E-state index in [9.17, 15) is 19.6 Å². The highest BCUT2D eigenvalue weighted by atomic mass is 16.7. The summed E-state index contributed by atoms with van der Waals surface area (Å²) in [6, 6.07) is 15.7. The number of rotatable bonds is 3. The van der Waals surface area contributed by atoms with Crippen LogP contribution >= 0.6 is 0 Å². The number of hydrazine groups is 1. The van der Waals surface area contributed by atoms with E-state index in [4.69, 9.17) is 10.5 Å². The molecule has 0 spiro atoms. The lowest BCUT2D eigenvalue weighted by molar-refractivity contribution is -0.207. The maximum absolute atomic E-state index is 12.4. The zero-order chi connectivity index (χ0) is 20.5. The molecule has 9 heteroatoms. The molecule has 3 amide bonds. The van der Waals surface area contributed by atoms with E-state index in [2.05, 4.69) is 4.98 Å². The fourth-order valence-electron chi connectivity index (χ4n) is 3.05. The molecule has 3 N–H and O–H groups in total. The number of hydrogen-bond donors (Lipinski definition) is 2. The van der Waals surface area contributed by atoms with Crippen molar-refractivity contribution in [3.8, 4) is 17.0 Å². The van der Waals surface area contributed by atoms with Crippen LogP contribution in [0.3, 0.4) is 0 Å². The standard InChI is InChI=1S/C20H16N4O5/c21-14-6-7-15-13(10-14)11-16(19(22-15)12-4-2-1-3-5-12)29-20(27)24(28)23-17(25)8-9-18(23)26/h1-7,10-11,28H,8-9,21H2. The number of benzene rings is 2. The van der Waals surface area contributed by atoms with Gasteiger partial charge in [-0.3, -0.25) is 14.8 Å². The van der Waals surface area contributed by atoms with Gasteiger partial charge in [0.15, 0.2) is 5.75 Å². The van der Waals surface area contributed by atoms with Crippen molar-refractivity contribution < 1.29 is 24.3 Å². The molecule has 4 rings (SSSR count). The molecule has 1 aliphatic rings. The number of ether oxygens (including phenoxy) is 1. The van der Waals surface area contributed by atoms with Crippen LogP contribution in [0, 0.1) is 0 Å². The normalized spacial score (nSPS) is 13.8. The summed E-state index contributed by atoms with van der Waals surface area (Å²) >= 11 is 0. The lowest BCUT2D eigenvalue weighted by atomic mass is 10.1. The highest BCUT2D eigenvalue weighted by molar-refractivity contribution is 6.02. The number of amides is 3. The van der Waals surface area contributed by atoms with Crippen molar-refractivity contribution in [1.29, 1.82) is 0 Å². The van der Waals surface area contributed by atoms with Crippen molar-refractivity contribution in [1.82, 2.24) is 15.2 Å². The molecule has 2 aromatic carbocycles. The summed E-state index contributed by atoms with van der Waals surface area (Å²) in [5, 5.41) is 10.9. The van der Waals surface area contributed by atoms with Crippen molar-refractivity contribution in [2.75, 3.05) is 5.73 Å². The van der Waals surface area contributed by atoms with Crippen molar-refractivity contribution in [3.63, 3.8) is 0 Å². The number of fused-ring (bicyclic) bond motifs is 1. The molecule has 1 saturated heterocycles. The van der Waals surface area contributed by atoms with Gasteiger partial charge in [0.25, 0.3) is 11.8 Å². The first-order chi connectivity index (χ1) is 13.9. The average molecular weight is 392 g/mol. The van der Waals surface area contributed by atoms with Gasteiger partial charge < -0.3 is 10.5 Å². The monoisotopic (exact) mass is 392 g/mol. The van der Waals surface area contributed by atoms with Crippen LogP contribution in [0.25, 0.3) is 22.2 Å². The Kier molecular flexibility index (Phi) is 4.57. The molecule has 3 aromatic rings. The summed E-state index contributed by atoms with van der Waals surface area (Å²) in [7, 11) is 0. The molecule has 0 radical (unpaired) electrons. The molecule has 146 valence electrons. The van der Waals surface area contributed by atoms with Gasteiger partial charge in [-0.2, -0.15) is 5.01 Å². The molecule has 0 saturated carbocycles. The van der Waals surface area contributed by atoms with Crippen molar-refractivity contribution >= 4 is 34.5 Å². The Morgan fingerprint density at radius 1 is 1.07 bits per heavy atom. The molecular formula is C20H16N4O5. The van der Waals surface area contributed by atoms with Crippen LogP contribution in [0.4, 0.5) is 10.5 Å². The number of aromatic nitrogens is 1. The number of hydrogen-bond acceptors (Lipinski definition) is 7. The van der Waals surface area contributed by atoms with E-state index in [1.54, 1.807) is 48.5 Å². The Morgan fingerprint density at radius 2 is 1.76 bits per heavy atom. The van der Waals surface area contributed by atoms with Crippen LogP contribution in [0.1, 0.15) is 12.8 Å². The Bertz CT molecular complexity index is 1120. The minimum absolute atomic E-state index is 0.0393. The van der Waals surface area contributed by atoms with Gasteiger partial charge in [-0.1, -0.05) is 35.5 Å². The van der Waals surface area contributed by atoms with Crippen LogP contribution in [-0.4, -0.2) is 38.3 Å². The quantitative estimate of drug-likeness (QED) is 0.304. The highest BCUT2D eigenvalue weighted by Gasteiger charge is 2.37. The minimum Gasteiger partial charge on any atom is -0.405 e. The van der Waals surface area contributed by atoms with Gasteiger partial charge in [0.05, 0.1) is 5.52 Å². The third-order valence-corrected chi connectivity index (χ3v) is 4.43. The lowest BCUT2D eigenvalue weighted by Gasteiger charge is -2.22. The van der Waals surface area contributed by atoms with E-state index in [1.165, 1.54) is 0 Å². The van der Waals surface area contributed by atoms with Crippen molar-refractivity contribution in [3.05, 3.63) is 54.6 Å². The number of pyridine rings is 1. The maximum Gasteiger partial charge on any atom is 0.460 e. The van der Waals surface area contributed by atoms with E-state index in [1.807, 2.05) is 6.07 Å². The molecule has 0 aliphatic carbocycles. The first-order valence-electron chi connectivity index (χ1n) is 8.76. The molecule has 29 heavy (non-hydrogen) atoms. The molecule has 1 aromatic heterocycles. The summed E-state index contributed by atoms with van der Waals surface area (Å²) in [5.41, 5.74) is 7.97. The summed E-state index contributed by atoms with van der Waals surface area (Å²) in [6.45, 7) is 0. The molecule has 0 atom stereocenters. The SMILES string of the molecule is Nc1ccc2nc(-c3ccccc3)c(OC(=O)N(O)N3C(=O)CCC3=O)cc2c1. The van der Waals surface area contributed by atoms with E-state index in [0.717, 1.165) is 0 Å². The number of anilines is 1. The van der Waals surface area contributed by atoms with Gasteiger partial charge in [-0.05, 0) is 24.3 Å². The second-order valence-corrected chi connectivity index (χ2v) is 6.41. The van der Waals surface area contributed by atoms with Crippen LogP contribution in [-0.2, 0) is 9.59 Å². The third-order valence-electron chi connectivity index (χ3n) is 4.43. The van der Waals surface area contributed by atoms with Crippen LogP contribution in [0.2, 0.25) is 0 Å². The Hall–Kier alpha value is -3.98. The van der Waals surface area contributed by atoms with Crippen molar-refractivity contribution in [2.24, 2.45) is 0 Å². The number of carbonyl (C=O) groups excluding carboxylic acids is 3. The zero-order valence-electron chi connectivity index (χ0n) is 15.1. The summed E-state index contributed by atoms with van der Waals surface area (Å²) in [6.07, 6.45) is -1.49. The smallest absolute Gasteiger partial charge is 0.405 e. The Balaban J connectivity index is 1.74. The Morgan fingerprint density at radius 3 is 2.45 bits per heavy atom. The number of nitrogens with two attached hydrogens (primary N) is 1. The number of imide groups is 1. The van der Waals surface area contributed by atoms with Gasteiger partial charge >= 0.3 is 6.09 Å². The second kappa shape index (κ2) is 7.21. The van der Waals surface area contributed by atoms with Gasteiger partial charge in [-0.25, -0.2) is 9.78 Å². The number of hydroxylamine groups is 1. The fourth-order valence-corrected chi connectivity index (χ4v) is 3.05. The first kappa shape index (κ1) is 18.4. The second-order valence-electron chi connectivity index (χ2n) is 6.41. The fraction of sp³-hybridized carbons (Fsp3) is 0.100. The van der Waals surface area contributed by atoms with Crippen LogP contribution in [0.5, 0.6) is 5.75 Å². The summed E-state index contributed by atoms with van der Waals surface area (Å²) in [5.74, 6) is -1.35. The number of nitrogens with zero attached hydrogens (tertiary/aromatic N) is 3. The van der Waals surface area contributed by atoms with Gasteiger partial charge in [0, 0.05) is 29.5 Å². The summed E-state index contributed by atoms with van der Waals surface area (Å²) in [4.78, 5) is 40.5. The van der Waals surface area contributed by atoms with E-state index in [-0.39, 0.29) is 23.8 Å². The topological polar surface area (TPSA) is 126 Å². The molecule has 0 bridgehead atoms. The third kappa shape index (κ3) is 3.46. The number of nitrogen functional groups attached to an aromatic ring is 1. The first-order valence-corrected chi connectivity index (χ1v) is 8.76. The minimum atomic E-state index is -1.31. The molecular weight excluding hydrogens is 376 g/mol. The van der Waals surface area contributed by atoms with Gasteiger partial charge in [-0.15, -0.1) is 0 Å². The van der Waals surface area contributed by atoms with Crippen LogP contribution in [0.15, 0.2) is 54.6 Å².